The number of nitrogens with one attached hydrogen (secondary N) is 1. The average Bonchev–Trinajstić information content (AvgIpc) is 2.67. The molecule has 0 bridgehead atoms. The molecule has 0 aromatic heterocycles. The molecule has 0 saturated carbocycles. The number of hydrogen-bond acceptors (Lipinski definition) is 2. The van der Waals surface area contributed by atoms with E-state index in [1.807, 2.05) is 7.11 Å². The molecule has 1 N–H and O–H groups in total. The van der Waals surface area contributed by atoms with Gasteiger partial charge in [0, 0.05) is 13.0 Å². The number of rotatable bonds is 1. The van der Waals surface area contributed by atoms with Gasteiger partial charge in [0.15, 0.2) is 0 Å². The van der Waals surface area contributed by atoms with E-state index in [-0.39, 0.29) is 6.23 Å². The summed E-state index contributed by atoms with van der Waals surface area (Å²) in [6.45, 7) is 1.08. The summed E-state index contributed by atoms with van der Waals surface area (Å²) in [6, 6.07) is 8.86. The summed E-state index contributed by atoms with van der Waals surface area (Å²) >= 11 is 0. The third-order valence-electron chi connectivity index (χ3n) is 3.87. The topological polar surface area (TPSA) is 21.3 Å². The Labute approximate surface area is 90.6 Å². The van der Waals surface area contributed by atoms with Crippen LogP contribution >= 0.6 is 0 Å². The van der Waals surface area contributed by atoms with Crippen LogP contribution in [0, 0.1) is 5.92 Å². The van der Waals surface area contributed by atoms with Gasteiger partial charge in [-0.05, 0) is 36.4 Å². The predicted molar refractivity (Wildman–Crippen MR) is 59.8 cm³/mol. The van der Waals surface area contributed by atoms with Crippen molar-refractivity contribution in [2.24, 2.45) is 5.92 Å². The summed E-state index contributed by atoms with van der Waals surface area (Å²) in [5.41, 5.74) is 3.09. The van der Waals surface area contributed by atoms with E-state index in [4.69, 9.17) is 4.74 Å². The van der Waals surface area contributed by atoms with Gasteiger partial charge in [-0.2, -0.15) is 0 Å². The number of hydrogen-bond donors (Lipinski definition) is 1. The summed E-state index contributed by atoms with van der Waals surface area (Å²) in [4.78, 5) is 0. The zero-order chi connectivity index (χ0) is 10.3. The molecule has 15 heavy (non-hydrogen) atoms. The zero-order valence-corrected chi connectivity index (χ0v) is 9.07. The van der Waals surface area contributed by atoms with Crippen molar-refractivity contribution in [1.29, 1.82) is 0 Å². The SMILES string of the molecule is COC1NCCC2c3ccccc3CC12. The fourth-order valence-corrected chi connectivity index (χ4v) is 3.19. The van der Waals surface area contributed by atoms with Crippen LogP contribution in [-0.4, -0.2) is 19.9 Å². The molecule has 3 atom stereocenters. The third kappa shape index (κ3) is 1.40. The molecule has 80 valence electrons. The first-order valence-corrected chi connectivity index (χ1v) is 5.74. The van der Waals surface area contributed by atoms with Crippen LogP contribution in [0.1, 0.15) is 23.5 Å². The highest BCUT2D eigenvalue weighted by molar-refractivity contribution is 5.37. The minimum Gasteiger partial charge on any atom is -0.366 e. The van der Waals surface area contributed by atoms with Gasteiger partial charge in [0.05, 0.1) is 0 Å². The predicted octanol–water partition coefficient (Wildman–Crippen LogP) is 1.91. The second kappa shape index (κ2) is 3.62. The van der Waals surface area contributed by atoms with Gasteiger partial charge in [0.2, 0.25) is 0 Å². The number of piperidine rings is 1. The summed E-state index contributed by atoms with van der Waals surface area (Å²) < 4.78 is 5.53. The Morgan fingerprint density at radius 3 is 3.07 bits per heavy atom. The molecule has 1 aliphatic carbocycles. The highest BCUT2D eigenvalue weighted by Crippen LogP contribution is 2.43. The first kappa shape index (κ1) is 9.37. The Morgan fingerprint density at radius 1 is 1.33 bits per heavy atom. The van der Waals surface area contributed by atoms with Crippen molar-refractivity contribution in [1.82, 2.24) is 5.32 Å². The van der Waals surface area contributed by atoms with Crippen molar-refractivity contribution in [3.63, 3.8) is 0 Å². The monoisotopic (exact) mass is 203 g/mol. The lowest BCUT2D eigenvalue weighted by atomic mass is 9.85. The van der Waals surface area contributed by atoms with Crippen molar-refractivity contribution in [2.75, 3.05) is 13.7 Å². The van der Waals surface area contributed by atoms with E-state index >= 15 is 0 Å². The smallest absolute Gasteiger partial charge is 0.111 e. The van der Waals surface area contributed by atoms with Gasteiger partial charge in [-0.1, -0.05) is 24.3 Å². The minimum atomic E-state index is 0.246. The molecule has 2 heteroatoms. The molecular formula is C13H17NO. The standard InChI is InChI=1S/C13H17NO/c1-15-13-12-8-9-4-2-3-5-10(9)11(12)6-7-14-13/h2-5,11-14H,6-8H2,1H3. The minimum absolute atomic E-state index is 0.246. The Morgan fingerprint density at radius 2 is 2.20 bits per heavy atom. The fraction of sp³-hybridized carbons (Fsp3) is 0.538. The number of methoxy groups -OCH3 is 1. The fourth-order valence-electron chi connectivity index (χ4n) is 3.19. The first-order valence-electron chi connectivity index (χ1n) is 5.74. The van der Waals surface area contributed by atoms with Crippen LogP contribution in [0.3, 0.4) is 0 Å². The van der Waals surface area contributed by atoms with Gasteiger partial charge in [0.25, 0.3) is 0 Å². The molecule has 3 rings (SSSR count). The number of fused-ring (bicyclic) bond motifs is 3. The van der Waals surface area contributed by atoms with Gasteiger partial charge in [-0.15, -0.1) is 0 Å². The lowest BCUT2D eigenvalue weighted by Crippen LogP contribution is -2.45. The maximum absolute atomic E-state index is 5.53. The molecule has 1 aromatic rings. The van der Waals surface area contributed by atoms with E-state index in [0.29, 0.717) is 11.8 Å². The summed E-state index contributed by atoms with van der Waals surface area (Å²) in [6.07, 6.45) is 2.67. The molecule has 0 radical (unpaired) electrons. The van der Waals surface area contributed by atoms with Gasteiger partial charge in [0.1, 0.15) is 6.23 Å². The first-order chi connectivity index (χ1) is 7.40. The molecule has 0 amide bonds. The lowest BCUT2D eigenvalue weighted by molar-refractivity contribution is 0.00159. The van der Waals surface area contributed by atoms with Crippen LogP contribution in [0.4, 0.5) is 0 Å². The average molecular weight is 203 g/mol. The van der Waals surface area contributed by atoms with Crippen LogP contribution in [0.25, 0.3) is 0 Å². The molecule has 1 heterocycles. The maximum atomic E-state index is 5.53. The molecule has 1 aliphatic heterocycles. The van der Waals surface area contributed by atoms with Gasteiger partial charge < -0.3 is 4.74 Å². The molecule has 1 aromatic carbocycles. The van der Waals surface area contributed by atoms with Crippen LogP contribution in [0.5, 0.6) is 0 Å². The van der Waals surface area contributed by atoms with Crippen LogP contribution in [0.2, 0.25) is 0 Å². The maximum Gasteiger partial charge on any atom is 0.111 e. The van der Waals surface area contributed by atoms with Gasteiger partial charge in [-0.3, -0.25) is 5.32 Å². The Bertz CT molecular complexity index is 363. The molecule has 1 fully saturated rings. The third-order valence-corrected chi connectivity index (χ3v) is 3.87. The van der Waals surface area contributed by atoms with E-state index in [1.54, 1.807) is 5.56 Å². The highest BCUT2D eigenvalue weighted by atomic mass is 16.5. The Kier molecular flexibility index (Phi) is 2.26. The molecular weight excluding hydrogens is 186 g/mol. The summed E-state index contributed by atoms with van der Waals surface area (Å²) in [5, 5.41) is 3.45. The van der Waals surface area contributed by atoms with E-state index < -0.39 is 0 Å². The van der Waals surface area contributed by atoms with Crippen molar-refractivity contribution in [2.45, 2.75) is 25.0 Å². The van der Waals surface area contributed by atoms with E-state index in [9.17, 15) is 0 Å². The largest absolute Gasteiger partial charge is 0.366 e. The molecule has 2 aliphatic rings. The Hall–Kier alpha value is -0.860. The molecule has 3 unspecified atom stereocenters. The molecule has 0 spiro atoms. The van der Waals surface area contributed by atoms with Crippen molar-refractivity contribution >= 4 is 0 Å². The van der Waals surface area contributed by atoms with Crippen molar-refractivity contribution in [3.8, 4) is 0 Å². The van der Waals surface area contributed by atoms with Crippen LogP contribution < -0.4 is 5.32 Å². The second-order valence-electron chi connectivity index (χ2n) is 4.57. The van der Waals surface area contributed by atoms with E-state index in [0.717, 1.165) is 6.54 Å². The highest BCUT2D eigenvalue weighted by Gasteiger charge is 2.39. The van der Waals surface area contributed by atoms with Crippen LogP contribution in [0.15, 0.2) is 24.3 Å². The normalized spacial score (nSPS) is 33.5. The van der Waals surface area contributed by atoms with Crippen LogP contribution in [-0.2, 0) is 11.2 Å². The van der Waals surface area contributed by atoms with Gasteiger partial charge >= 0.3 is 0 Å². The van der Waals surface area contributed by atoms with Gasteiger partial charge in [-0.25, -0.2) is 0 Å². The van der Waals surface area contributed by atoms with Crippen molar-refractivity contribution < 1.29 is 4.74 Å². The summed E-state index contributed by atoms with van der Waals surface area (Å²) in [7, 11) is 1.81. The van der Waals surface area contributed by atoms with Crippen molar-refractivity contribution in [3.05, 3.63) is 35.4 Å². The lowest BCUT2D eigenvalue weighted by Gasteiger charge is -2.34. The molecule has 2 nitrogen and oxygen atoms in total. The summed E-state index contributed by atoms with van der Waals surface area (Å²) in [5.74, 6) is 1.36. The quantitative estimate of drug-likeness (QED) is 0.752. The number of ether oxygens (including phenoxy) is 1. The van der Waals surface area contributed by atoms with E-state index in [1.165, 1.54) is 18.4 Å². The number of benzene rings is 1. The second-order valence-corrected chi connectivity index (χ2v) is 4.57. The Balaban J connectivity index is 1.95. The zero-order valence-electron chi connectivity index (χ0n) is 9.07. The molecule has 1 saturated heterocycles. The van der Waals surface area contributed by atoms with E-state index in [2.05, 4.69) is 29.6 Å².